The minimum absolute atomic E-state index is 0.637. The van der Waals surface area contributed by atoms with Gasteiger partial charge in [0.25, 0.3) is 0 Å². The maximum atomic E-state index is 5.40. The van der Waals surface area contributed by atoms with Crippen molar-refractivity contribution in [2.45, 2.75) is 19.0 Å². The van der Waals surface area contributed by atoms with Crippen LogP contribution in [0.1, 0.15) is 12.3 Å². The molecule has 0 spiro atoms. The molecule has 4 rings (SSSR count). The molecule has 2 aromatic heterocycles. The molecule has 2 saturated heterocycles. The first kappa shape index (κ1) is 14.7. The van der Waals surface area contributed by atoms with Gasteiger partial charge >= 0.3 is 0 Å². The highest BCUT2D eigenvalue weighted by Crippen LogP contribution is 2.16. The van der Waals surface area contributed by atoms with Crippen LogP contribution < -0.4 is 5.32 Å². The minimum atomic E-state index is 0.637. The van der Waals surface area contributed by atoms with E-state index in [2.05, 4.69) is 30.2 Å². The van der Waals surface area contributed by atoms with Gasteiger partial charge in [0.05, 0.1) is 6.54 Å². The Morgan fingerprint density at radius 1 is 1.17 bits per heavy atom. The summed E-state index contributed by atoms with van der Waals surface area (Å²) in [6, 6.07) is 4.50. The van der Waals surface area contributed by atoms with Gasteiger partial charge in [-0.2, -0.15) is 4.98 Å². The van der Waals surface area contributed by atoms with E-state index in [1.165, 1.54) is 6.42 Å². The van der Waals surface area contributed by atoms with Crippen LogP contribution in [0.3, 0.4) is 0 Å². The van der Waals surface area contributed by atoms with Crippen LogP contribution in [-0.4, -0.2) is 70.2 Å². The monoisotopic (exact) mass is 314 g/mol. The molecular formula is C16H22N6O. The van der Waals surface area contributed by atoms with E-state index in [9.17, 15) is 0 Å². The predicted octanol–water partition coefficient (Wildman–Crippen LogP) is 0.611. The Bertz CT molecular complexity index is 617. The number of nitrogens with zero attached hydrogens (tertiary/aromatic N) is 5. The second-order valence-corrected chi connectivity index (χ2v) is 6.21. The molecule has 2 aliphatic rings. The van der Waals surface area contributed by atoms with Crippen molar-refractivity contribution >= 4 is 0 Å². The summed E-state index contributed by atoms with van der Waals surface area (Å²) in [5.74, 6) is 1.32. The van der Waals surface area contributed by atoms with Crippen molar-refractivity contribution in [1.82, 2.24) is 30.2 Å². The molecule has 0 amide bonds. The number of aromatic nitrogens is 3. The molecule has 7 nitrogen and oxygen atoms in total. The van der Waals surface area contributed by atoms with Crippen molar-refractivity contribution in [3.05, 3.63) is 30.4 Å². The Kier molecular flexibility index (Phi) is 4.32. The molecule has 0 aromatic carbocycles. The van der Waals surface area contributed by atoms with Crippen molar-refractivity contribution in [2.75, 3.05) is 39.3 Å². The van der Waals surface area contributed by atoms with Crippen LogP contribution in [0.25, 0.3) is 11.4 Å². The van der Waals surface area contributed by atoms with Crippen LogP contribution in [0.15, 0.2) is 29.0 Å². The van der Waals surface area contributed by atoms with Gasteiger partial charge in [-0.25, -0.2) is 0 Å². The molecule has 1 atom stereocenters. The first-order valence-electron chi connectivity index (χ1n) is 8.28. The molecule has 2 aromatic rings. The van der Waals surface area contributed by atoms with E-state index in [0.29, 0.717) is 11.7 Å². The Hall–Kier alpha value is -1.83. The fourth-order valence-electron chi connectivity index (χ4n) is 3.37. The molecule has 0 aliphatic carbocycles. The molecule has 2 fully saturated rings. The summed E-state index contributed by atoms with van der Waals surface area (Å²) >= 11 is 0. The average molecular weight is 314 g/mol. The molecule has 4 heterocycles. The zero-order valence-corrected chi connectivity index (χ0v) is 13.2. The van der Waals surface area contributed by atoms with Gasteiger partial charge in [-0.15, -0.1) is 0 Å². The molecule has 122 valence electrons. The van der Waals surface area contributed by atoms with Gasteiger partial charge in [0, 0.05) is 56.7 Å². The molecule has 2 aliphatic heterocycles. The van der Waals surface area contributed by atoms with E-state index in [1.54, 1.807) is 12.4 Å². The van der Waals surface area contributed by atoms with Crippen LogP contribution in [0.5, 0.6) is 0 Å². The summed E-state index contributed by atoms with van der Waals surface area (Å²) < 4.78 is 5.40. The summed E-state index contributed by atoms with van der Waals surface area (Å²) in [5, 5.41) is 7.52. The van der Waals surface area contributed by atoms with E-state index in [4.69, 9.17) is 4.52 Å². The quantitative estimate of drug-likeness (QED) is 0.886. The minimum Gasteiger partial charge on any atom is -0.338 e. The molecule has 23 heavy (non-hydrogen) atoms. The first-order chi connectivity index (χ1) is 11.4. The van der Waals surface area contributed by atoms with Gasteiger partial charge in [0.15, 0.2) is 0 Å². The van der Waals surface area contributed by atoms with Crippen molar-refractivity contribution in [1.29, 1.82) is 0 Å². The van der Waals surface area contributed by atoms with Crippen LogP contribution in [-0.2, 0) is 6.54 Å². The third kappa shape index (κ3) is 3.41. The Labute approximate surface area is 135 Å². The number of hydrogen-bond donors (Lipinski definition) is 1. The highest BCUT2D eigenvalue weighted by molar-refractivity contribution is 5.52. The van der Waals surface area contributed by atoms with Gasteiger partial charge in [0.2, 0.25) is 11.7 Å². The van der Waals surface area contributed by atoms with E-state index < -0.39 is 0 Å². The Balaban J connectivity index is 1.32. The number of pyridine rings is 1. The lowest BCUT2D eigenvalue weighted by molar-refractivity contribution is 0.0908. The smallest absolute Gasteiger partial charge is 0.241 e. The maximum absolute atomic E-state index is 5.40. The van der Waals surface area contributed by atoms with Crippen molar-refractivity contribution in [3.63, 3.8) is 0 Å². The number of piperazine rings is 1. The van der Waals surface area contributed by atoms with Crippen molar-refractivity contribution < 1.29 is 4.52 Å². The van der Waals surface area contributed by atoms with Gasteiger partial charge in [0.1, 0.15) is 0 Å². The average Bonchev–Trinajstić information content (AvgIpc) is 3.28. The molecule has 0 radical (unpaired) electrons. The van der Waals surface area contributed by atoms with Crippen molar-refractivity contribution in [3.8, 4) is 11.4 Å². The molecule has 0 bridgehead atoms. The lowest BCUT2D eigenvalue weighted by atomic mass is 10.2. The molecule has 7 heteroatoms. The number of nitrogens with one attached hydrogen (secondary N) is 1. The third-order valence-corrected chi connectivity index (χ3v) is 4.72. The standard InChI is InChI=1S/C16H22N6O/c1-4-17-5-2-13(1)16-19-15(23-20-16)12-21-7-9-22(10-8-21)14-3-6-18-11-14/h1-2,4-5,14,18H,3,6-12H2/t14-/m0/s1. The second kappa shape index (κ2) is 6.74. The summed E-state index contributed by atoms with van der Waals surface area (Å²) in [4.78, 5) is 13.5. The van der Waals surface area contributed by atoms with E-state index in [0.717, 1.165) is 57.4 Å². The molecule has 0 unspecified atom stereocenters. The summed E-state index contributed by atoms with van der Waals surface area (Å²) in [6.07, 6.45) is 4.75. The fraction of sp³-hybridized carbons (Fsp3) is 0.562. The number of hydrogen-bond acceptors (Lipinski definition) is 7. The van der Waals surface area contributed by atoms with Crippen molar-refractivity contribution in [2.24, 2.45) is 0 Å². The van der Waals surface area contributed by atoms with Crippen LogP contribution >= 0.6 is 0 Å². The van der Waals surface area contributed by atoms with Gasteiger partial charge < -0.3 is 9.84 Å². The van der Waals surface area contributed by atoms with E-state index in [1.807, 2.05) is 12.1 Å². The highest BCUT2D eigenvalue weighted by Gasteiger charge is 2.26. The van der Waals surface area contributed by atoms with Crippen LogP contribution in [0.2, 0.25) is 0 Å². The number of rotatable bonds is 4. The van der Waals surface area contributed by atoms with Crippen LogP contribution in [0, 0.1) is 0 Å². The van der Waals surface area contributed by atoms with Gasteiger partial charge in [-0.1, -0.05) is 5.16 Å². The van der Waals surface area contributed by atoms with E-state index >= 15 is 0 Å². The van der Waals surface area contributed by atoms with Gasteiger partial charge in [-0.05, 0) is 25.1 Å². The Morgan fingerprint density at radius 2 is 2.00 bits per heavy atom. The Morgan fingerprint density at radius 3 is 2.74 bits per heavy atom. The zero-order chi connectivity index (χ0) is 15.5. The topological polar surface area (TPSA) is 70.3 Å². The summed E-state index contributed by atoms with van der Waals surface area (Å²) in [7, 11) is 0. The van der Waals surface area contributed by atoms with Gasteiger partial charge in [-0.3, -0.25) is 14.8 Å². The predicted molar refractivity (Wildman–Crippen MR) is 85.7 cm³/mol. The summed E-state index contributed by atoms with van der Waals surface area (Å²) in [6.45, 7) is 7.39. The second-order valence-electron chi connectivity index (χ2n) is 6.21. The normalized spacial score (nSPS) is 23.4. The zero-order valence-electron chi connectivity index (χ0n) is 13.2. The maximum Gasteiger partial charge on any atom is 0.241 e. The van der Waals surface area contributed by atoms with Crippen LogP contribution in [0.4, 0.5) is 0 Å². The lowest BCUT2D eigenvalue weighted by Crippen LogP contribution is -2.50. The molecular weight excluding hydrogens is 292 g/mol. The third-order valence-electron chi connectivity index (χ3n) is 4.72. The molecule has 0 saturated carbocycles. The van der Waals surface area contributed by atoms with E-state index in [-0.39, 0.29) is 0 Å². The SMILES string of the molecule is c1cc(-c2noc(CN3CCN([C@H]4CCNC4)CC3)n2)ccn1. The first-order valence-corrected chi connectivity index (χ1v) is 8.28. The largest absolute Gasteiger partial charge is 0.338 e. The highest BCUT2D eigenvalue weighted by atomic mass is 16.5. The lowest BCUT2D eigenvalue weighted by Gasteiger charge is -2.37. The molecule has 1 N–H and O–H groups in total. The fourth-order valence-corrected chi connectivity index (χ4v) is 3.37. The summed E-state index contributed by atoms with van der Waals surface area (Å²) in [5.41, 5.74) is 0.938.